The molecule has 2 amide bonds. The number of rotatable bonds is 12. The summed E-state index contributed by atoms with van der Waals surface area (Å²) < 4.78 is 17.1. The van der Waals surface area contributed by atoms with E-state index in [2.05, 4.69) is 15.8 Å². The van der Waals surface area contributed by atoms with Crippen LogP contribution in [0.3, 0.4) is 0 Å². The number of halogens is 2. The highest BCUT2D eigenvalue weighted by molar-refractivity contribution is 6.37. The van der Waals surface area contributed by atoms with Gasteiger partial charge in [-0.05, 0) is 73.0 Å². The monoisotopic (exact) mass is 605 g/mol. The highest BCUT2D eigenvalue weighted by atomic mass is 35.5. The number of nitrogens with zero attached hydrogens (tertiary/aromatic N) is 1. The molecular weight excluding hydrogens is 577 g/mol. The van der Waals surface area contributed by atoms with Crippen LogP contribution in [0.1, 0.15) is 34.0 Å². The predicted molar refractivity (Wildman–Crippen MR) is 165 cm³/mol. The van der Waals surface area contributed by atoms with Gasteiger partial charge >= 0.3 is 0 Å². The summed E-state index contributed by atoms with van der Waals surface area (Å²) >= 11 is 12.7. The van der Waals surface area contributed by atoms with Crippen molar-refractivity contribution < 1.29 is 23.8 Å². The van der Waals surface area contributed by atoms with Crippen molar-refractivity contribution in [2.24, 2.45) is 5.10 Å². The third-order valence-corrected chi connectivity index (χ3v) is 6.35. The van der Waals surface area contributed by atoms with Crippen molar-refractivity contribution in [2.45, 2.75) is 20.5 Å². The Morgan fingerprint density at radius 3 is 2.33 bits per heavy atom. The number of hydrogen-bond donors (Lipinski definition) is 2. The molecule has 0 bridgehead atoms. The first-order valence-corrected chi connectivity index (χ1v) is 13.8. The van der Waals surface area contributed by atoms with Gasteiger partial charge in [-0.25, -0.2) is 5.43 Å². The van der Waals surface area contributed by atoms with E-state index in [1.807, 2.05) is 62.4 Å². The first kappa shape index (κ1) is 30.4. The van der Waals surface area contributed by atoms with Gasteiger partial charge in [0.1, 0.15) is 6.61 Å². The van der Waals surface area contributed by atoms with Crippen LogP contribution in [0.15, 0.2) is 90.0 Å². The number of carbonyl (C=O) groups is 2. The van der Waals surface area contributed by atoms with Crippen LogP contribution in [0.2, 0.25) is 10.0 Å². The lowest BCUT2D eigenvalue weighted by molar-refractivity contribution is -0.118. The van der Waals surface area contributed by atoms with Crippen LogP contribution in [0.25, 0.3) is 0 Å². The number of hydrogen-bond acceptors (Lipinski definition) is 6. The van der Waals surface area contributed by atoms with Crippen LogP contribution in [0.4, 0.5) is 5.69 Å². The average molecular weight is 607 g/mol. The van der Waals surface area contributed by atoms with Crippen LogP contribution in [-0.2, 0) is 11.4 Å². The first-order chi connectivity index (χ1) is 20.3. The van der Waals surface area contributed by atoms with Crippen molar-refractivity contribution in [3.63, 3.8) is 0 Å². The van der Waals surface area contributed by atoms with E-state index in [1.165, 1.54) is 6.21 Å². The fourth-order valence-corrected chi connectivity index (χ4v) is 4.46. The Morgan fingerprint density at radius 1 is 0.857 bits per heavy atom. The highest BCUT2D eigenvalue weighted by Crippen LogP contribution is 2.34. The van der Waals surface area contributed by atoms with E-state index < -0.39 is 5.91 Å². The van der Waals surface area contributed by atoms with Gasteiger partial charge < -0.3 is 19.5 Å². The predicted octanol–water partition coefficient (Wildman–Crippen LogP) is 7.06. The van der Waals surface area contributed by atoms with Crippen molar-refractivity contribution in [3.05, 3.63) is 117 Å². The van der Waals surface area contributed by atoms with Crippen LogP contribution in [0, 0.1) is 6.92 Å². The molecule has 216 valence electrons. The lowest BCUT2D eigenvalue weighted by Crippen LogP contribution is -2.20. The molecule has 0 radical (unpaired) electrons. The molecule has 0 saturated heterocycles. The lowest BCUT2D eigenvalue weighted by atomic mass is 10.2. The first-order valence-electron chi connectivity index (χ1n) is 13.1. The molecule has 0 heterocycles. The zero-order valence-electron chi connectivity index (χ0n) is 23.0. The summed E-state index contributed by atoms with van der Waals surface area (Å²) in [5, 5.41) is 7.14. The minimum atomic E-state index is -0.446. The molecule has 0 aromatic heterocycles. The summed E-state index contributed by atoms with van der Waals surface area (Å²) in [7, 11) is 0. The lowest BCUT2D eigenvalue weighted by Gasteiger charge is -2.13. The molecule has 2 N–H and O–H groups in total. The molecule has 4 aromatic rings. The standard InChI is InChI=1S/C32H29Cl2N3O5/c1-3-40-29-17-24(12-13-28(29)41-19-22-9-5-4-6-10-22)32(39)37-35-18-23-15-26(33)31(27(34)16-23)42-20-30(38)36-25-11-7-8-21(2)14-25/h4-18H,3,19-20H2,1-2H3,(H,36,38)(H,37,39)/b35-18+. The maximum Gasteiger partial charge on any atom is 0.271 e. The zero-order valence-corrected chi connectivity index (χ0v) is 24.5. The summed E-state index contributed by atoms with van der Waals surface area (Å²) in [5.74, 6) is 0.339. The van der Waals surface area contributed by atoms with Gasteiger partial charge in [0.15, 0.2) is 23.9 Å². The summed E-state index contributed by atoms with van der Waals surface area (Å²) in [6.07, 6.45) is 1.39. The van der Waals surface area contributed by atoms with Crippen LogP contribution in [-0.4, -0.2) is 31.2 Å². The third kappa shape index (κ3) is 8.73. The normalized spacial score (nSPS) is 10.8. The Balaban J connectivity index is 1.34. The van der Waals surface area contributed by atoms with Crippen molar-refractivity contribution in [1.82, 2.24) is 5.43 Å². The van der Waals surface area contributed by atoms with Gasteiger partial charge in [-0.2, -0.15) is 5.10 Å². The van der Waals surface area contributed by atoms with Crippen LogP contribution >= 0.6 is 23.2 Å². The molecule has 0 saturated carbocycles. The molecule has 42 heavy (non-hydrogen) atoms. The number of hydrazone groups is 1. The second kappa shape index (κ2) is 14.9. The van der Waals surface area contributed by atoms with Gasteiger partial charge in [0.25, 0.3) is 11.8 Å². The highest BCUT2D eigenvalue weighted by Gasteiger charge is 2.14. The minimum absolute atomic E-state index is 0.164. The second-order valence-electron chi connectivity index (χ2n) is 9.09. The molecule has 0 atom stereocenters. The summed E-state index contributed by atoms with van der Waals surface area (Å²) in [5.41, 5.74) is 6.03. The molecule has 10 heteroatoms. The Hall–Kier alpha value is -4.53. The van der Waals surface area contributed by atoms with Gasteiger partial charge in [0.2, 0.25) is 0 Å². The fourth-order valence-electron chi connectivity index (χ4n) is 3.85. The average Bonchev–Trinajstić information content (AvgIpc) is 2.96. The van der Waals surface area contributed by atoms with E-state index in [4.69, 9.17) is 37.4 Å². The summed E-state index contributed by atoms with van der Waals surface area (Å²) in [6.45, 7) is 4.28. The number of amides is 2. The van der Waals surface area contributed by atoms with E-state index in [9.17, 15) is 9.59 Å². The molecule has 4 rings (SSSR count). The van der Waals surface area contributed by atoms with Crippen molar-refractivity contribution >= 4 is 46.9 Å². The van der Waals surface area contributed by atoms with Crippen molar-refractivity contribution in [3.8, 4) is 17.2 Å². The van der Waals surface area contributed by atoms with Crippen LogP contribution < -0.4 is 25.0 Å². The van der Waals surface area contributed by atoms with Gasteiger partial charge in [0, 0.05) is 11.3 Å². The Labute approximate surface area is 254 Å². The maximum atomic E-state index is 12.7. The fraction of sp³-hybridized carbons (Fsp3) is 0.156. The Bertz CT molecular complexity index is 1550. The molecule has 0 aliphatic rings. The molecule has 0 spiro atoms. The van der Waals surface area contributed by atoms with E-state index in [1.54, 1.807) is 36.4 Å². The SMILES string of the molecule is CCOc1cc(C(=O)N/N=C/c2cc(Cl)c(OCC(=O)Nc3cccc(C)c3)c(Cl)c2)ccc1OCc1ccccc1. The molecule has 0 unspecified atom stereocenters. The van der Waals surface area contributed by atoms with Gasteiger partial charge in [-0.15, -0.1) is 0 Å². The molecule has 4 aromatic carbocycles. The van der Waals surface area contributed by atoms with E-state index >= 15 is 0 Å². The molecule has 8 nitrogen and oxygen atoms in total. The number of benzene rings is 4. The maximum absolute atomic E-state index is 12.7. The smallest absolute Gasteiger partial charge is 0.271 e. The van der Waals surface area contributed by atoms with E-state index in [0.29, 0.717) is 41.5 Å². The largest absolute Gasteiger partial charge is 0.490 e. The Kier molecular flexibility index (Phi) is 10.8. The summed E-state index contributed by atoms with van der Waals surface area (Å²) in [4.78, 5) is 25.0. The number of carbonyl (C=O) groups excluding carboxylic acids is 2. The van der Waals surface area contributed by atoms with Crippen molar-refractivity contribution in [1.29, 1.82) is 0 Å². The van der Waals surface area contributed by atoms with Gasteiger partial charge in [-0.3, -0.25) is 9.59 Å². The molecule has 0 aliphatic carbocycles. The zero-order chi connectivity index (χ0) is 29.9. The molecule has 0 aliphatic heterocycles. The second-order valence-corrected chi connectivity index (χ2v) is 9.90. The third-order valence-electron chi connectivity index (χ3n) is 5.79. The quantitative estimate of drug-likeness (QED) is 0.133. The van der Waals surface area contributed by atoms with Gasteiger partial charge in [0.05, 0.1) is 22.9 Å². The molecule has 0 fully saturated rings. The minimum Gasteiger partial charge on any atom is -0.490 e. The summed E-state index contributed by atoms with van der Waals surface area (Å²) in [6, 6.07) is 25.2. The topological polar surface area (TPSA) is 98.3 Å². The number of aryl methyl sites for hydroxylation is 1. The number of nitrogens with one attached hydrogen (secondary N) is 2. The Morgan fingerprint density at radius 2 is 1.62 bits per heavy atom. The van der Waals surface area contributed by atoms with E-state index in [0.717, 1.165) is 11.1 Å². The van der Waals surface area contributed by atoms with Crippen molar-refractivity contribution in [2.75, 3.05) is 18.5 Å². The number of anilines is 1. The van der Waals surface area contributed by atoms with Gasteiger partial charge in [-0.1, -0.05) is 65.7 Å². The van der Waals surface area contributed by atoms with E-state index in [-0.39, 0.29) is 28.3 Å². The number of ether oxygens (including phenoxy) is 3. The van der Waals surface area contributed by atoms with Crippen LogP contribution in [0.5, 0.6) is 17.2 Å². The molecular formula is C32H29Cl2N3O5.